The van der Waals surface area contributed by atoms with Crippen LogP contribution in [0.3, 0.4) is 0 Å². The van der Waals surface area contributed by atoms with Crippen LogP contribution in [0, 0.1) is 0 Å². The van der Waals surface area contributed by atoms with E-state index in [-0.39, 0.29) is 6.04 Å². The lowest BCUT2D eigenvalue weighted by molar-refractivity contribution is 0.434. The first kappa shape index (κ1) is 13.1. The van der Waals surface area contributed by atoms with E-state index in [0.717, 1.165) is 16.6 Å². The highest BCUT2D eigenvalue weighted by molar-refractivity contribution is 9.10. The molecule has 1 aromatic carbocycles. The monoisotopic (exact) mass is 309 g/mol. The van der Waals surface area contributed by atoms with Crippen LogP contribution in [-0.4, -0.2) is 20.9 Å². The Labute approximate surface area is 115 Å². The third kappa shape index (κ3) is 3.58. The van der Waals surface area contributed by atoms with Crippen LogP contribution in [0.1, 0.15) is 12.5 Å². The SMILES string of the molecule is CC(Cn1cccn1)NCc1cc(Br)ccc1O. The van der Waals surface area contributed by atoms with Gasteiger partial charge in [-0.2, -0.15) is 5.10 Å². The number of benzene rings is 1. The lowest BCUT2D eigenvalue weighted by Gasteiger charge is -2.14. The third-order valence-electron chi connectivity index (χ3n) is 2.70. The molecule has 0 saturated heterocycles. The van der Waals surface area contributed by atoms with Gasteiger partial charge in [-0.15, -0.1) is 0 Å². The number of phenols is 1. The minimum Gasteiger partial charge on any atom is -0.508 e. The zero-order chi connectivity index (χ0) is 13.0. The zero-order valence-electron chi connectivity index (χ0n) is 10.2. The largest absolute Gasteiger partial charge is 0.508 e. The van der Waals surface area contributed by atoms with Crippen LogP contribution in [0.25, 0.3) is 0 Å². The molecule has 4 nitrogen and oxygen atoms in total. The minimum atomic E-state index is 0.281. The summed E-state index contributed by atoms with van der Waals surface area (Å²) >= 11 is 3.40. The van der Waals surface area contributed by atoms with Gasteiger partial charge >= 0.3 is 0 Å². The van der Waals surface area contributed by atoms with Crippen LogP contribution >= 0.6 is 15.9 Å². The van der Waals surface area contributed by atoms with Crippen molar-refractivity contribution in [3.8, 4) is 5.75 Å². The van der Waals surface area contributed by atoms with Crippen molar-refractivity contribution in [3.63, 3.8) is 0 Å². The van der Waals surface area contributed by atoms with Crippen LogP contribution < -0.4 is 5.32 Å². The van der Waals surface area contributed by atoms with Gasteiger partial charge in [0.15, 0.2) is 0 Å². The third-order valence-corrected chi connectivity index (χ3v) is 3.20. The van der Waals surface area contributed by atoms with Crippen molar-refractivity contribution in [2.24, 2.45) is 0 Å². The van der Waals surface area contributed by atoms with Gasteiger partial charge in [0.2, 0.25) is 0 Å². The number of hydrogen-bond donors (Lipinski definition) is 2. The fourth-order valence-electron chi connectivity index (χ4n) is 1.73. The lowest BCUT2D eigenvalue weighted by atomic mass is 10.2. The van der Waals surface area contributed by atoms with Crippen molar-refractivity contribution in [3.05, 3.63) is 46.7 Å². The van der Waals surface area contributed by atoms with E-state index < -0.39 is 0 Å². The second kappa shape index (κ2) is 6.02. The molecule has 0 aliphatic heterocycles. The van der Waals surface area contributed by atoms with Crippen LogP contribution in [0.15, 0.2) is 41.1 Å². The highest BCUT2D eigenvalue weighted by Gasteiger charge is 2.06. The van der Waals surface area contributed by atoms with Gasteiger partial charge in [0.05, 0.1) is 6.54 Å². The molecule has 96 valence electrons. The number of aromatic hydroxyl groups is 1. The summed E-state index contributed by atoms with van der Waals surface area (Å²) in [5, 5.41) is 17.3. The number of phenolic OH excluding ortho intramolecular Hbond substituents is 1. The summed E-state index contributed by atoms with van der Waals surface area (Å²) in [7, 11) is 0. The standard InChI is InChI=1S/C13H16BrN3O/c1-10(9-17-6-2-5-16-17)15-8-11-7-12(14)3-4-13(11)18/h2-7,10,15,18H,8-9H2,1H3. The summed E-state index contributed by atoms with van der Waals surface area (Å²) in [4.78, 5) is 0. The summed E-state index contributed by atoms with van der Waals surface area (Å²) in [6.07, 6.45) is 3.71. The molecule has 2 N–H and O–H groups in total. The second-order valence-corrected chi connectivity index (χ2v) is 5.20. The molecular weight excluding hydrogens is 294 g/mol. The fourth-order valence-corrected chi connectivity index (χ4v) is 2.14. The van der Waals surface area contributed by atoms with Crippen LogP contribution in [0.2, 0.25) is 0 Å². The molecule has 1 heterocycles. The zero-order valence-corrected chi connectivity index (χ0v) is 11.8. The molecule has 18 heavy (non-hydrogen) atoms. The molecule has 0 aliphatic carbocycles. The summed E-state index contributed by atoms with van der Waals surface area (Å²) in [6.45, 7) is 3.53. The van der Waals surface area contributed by atoms with Gasteiger partial charge in [-0.3, -0.25) is 4.68 Å². The Morgan fingerprint density at radius 2 is 2.33 bits per heavy atom. The van der Waals surface area contributed by atoms with Crippen LogP contribution in [0.4, 0.5) is 0 Å². The molecule has 0 fully saturated rings. The number of rotatable bonds is 5. The summed E-state index contributed by atoms with van der Waals surface area (Å²) in [5.41, 5.74) is 0.886. The number of nitrogens with one attached hydrogen (secondary N) is 1. The Hall–Kier alpha value is -1.33. The van der Waals surface area contributed by atoms with Crippen molar-refractivity contribution in [1.29, 1.82) is 0 Å². The Balaban J connectivity index is 1.89. The summed E-state index contributed by atoms with van der Waals surface area (Å²) in [5.74, 6) is 0.317. The fraction of sp³-hybridized carbons (Fsp3) is 0.308. The molecule has 1 aromatic heterocycles. The maximum atomic E-state index is 9.73. The van der Waals surface area contributed by atoms with Crippen molar-refractivity contribution < 1.29 is 5.11 Å². The molecule has 0 amide bonds. The van der Waals surface area contributed by atoms with Gasteiger partial charge in [-0.05, 0) is 31.2 Å². The van der Waals surface area contributed by atoms with Gasteiger partial charge in [0.25, 0.3) is 0 Å². The predicted octanol–water partition coefficient (Wildman–Crippen LogP) is 2.53. The molecule has 1 unspecified atom stereocenters. The van der Waals surface area contributed by atoms with E-state index in [9.17, 15) is 5.11 Å². The molecule has 0 aliphatic rings. The van der Waals surface area contributed by atoms with Crippen molar-refractivity contribution in [1.82, 2.24) is 15.1 Å². The first-order valence-electron chi connectivity index (χ1n) is 5.83. The van der Waals surface area contributed by atoms with Crippen molar-refractivity contribution in [2.75, 3.05) is 0 Å². The van der Waals surface area contributed by atoms with E-state index in [4.69, 9.17) is 0 Å². The van der Waals surface area contributed by atoms with Gasteiger partial charge in [0, 0.05) is 35.0 Å². The lowest BCUT2D eigenvalue weighted by Crippen LogP contribution is -2.30. The molecule has 0 spiro atoms. The predicted molar refractivity (Wildman–Crippen MR) is 74.3 cm³/mol. The average molecular weight is 310 g/mol. The molecule has 0 saturated carbocycles. The van der Waals surface area contributed by atoms with E-state index in [1.165, 1.54) is 0 Å². The number of aromatic nitrogens is 2. The molecule has 0 radical (unpaired) electrons. The average Bonchev–Trinajstić information content (AvgIpc) is 2.83. The Morgan fingerprint density at radius 3 is 3.06 bits per heavy atom. The molecular formula is C13H16BrN3O. The summed E-state index contributed by atoms with van der Waals surface area (Å²) in [6, 6.07) is 7.63. The van der Waals surface area contributed by atoms with Gasteiger partial charge in [0.1, 0.15) is 5.75 Å². The van der Waals surface area contributed by atoms with E-state index >= 15 is 0 Å². The molecule has 2 aromatic rings. The maximum Gasteiger partial charge on any atom is 0.120 e. The minimum absolute atomic E-state index is 0.281. The first-order valence-corrected chi connectivity index (χ1v) is 6.62. The second-order valence-electron chi connectivity index (χ2n) is 4.28. The molecule has 1 atom stereocenters. The summed E-state index contributed by atoms with van der Waals surface area (Å²) < 4.78 is 2.86. The van der Waals surface area contributed by atoms with E-state index in [0.29, 0.717) is 12.3 Å². The number of halogens is 1. The van der Waals surface area contributed by atoms with Crippen LogP contribution in [-0.2, 0) is 13.1 Å². The Morgan fingerprint density at radius 1 is 1.50 bits per heavy atom. The van der Waals surface area contributed by atoms with E-state index in [2.05, 4.69) is 33.3 Å². The highest BCUT2D eigenvalue weighted by Crippen LogP contribution is 2.21. The number of nitrogens with zero attached hydrogens (tertiary/aromatic N) is 2. The van der Waals surface area contributed by atoms with Crippen molar-refractivity contribution >= 4 is 15.9 Å². The highest BCUT2D eigenvalue weighted by atomic mass is 79.9. The number of hydrogen-bond acceptors (Lipinski definition) is 3. The van der Waals surface area contributed by atoms with E-state index in [1.807, 2.05) is 29.1 Å². The quantitative estimate of drug-likeness (QED) is 0.892. The first-order chi connectivity index (χ1) is 8.65. The van der Waals surface area contributed by atoms with E-state index in [1.54, 1.807) is 12.3 Å². The Bertz CT molecular complexity index is 499. The van der Waals surface area contributed by atoms with Crippen molar-refractivity contribution in [2.45, 2.75) is 26.1 Å². The topological polar surface area (TPSA) is 50.1 Å². The Kier molecular flexibility index (Phi) is 4.38. The molecule has 2 rings (SSSR count). The van der Waals surface area contributed by atoms with Gasteiger partial charge in [-0.1, -0.05) is 15.9 Å². The van der Waals surface area contributed by atoms with Gasteiger partial charge < -0.3 is 10.4 Å². The molecule has 0 bridgehead atoms. The maximum absolute atomic E-state index is 9.73. The molecule has 5 heteroatoms. The van der Waals surface area contributed by atoms with Gasteiger partial charge in [-0.25, -0.2) is 0 Å². The van der Waals surface area contributed by atoms with Crippen LogP contribution in [0.5, 0.6) is 5.75 Å². The normalized spacial score (nSPS) is 12.6. The smallest absolute Gasteiger partial charge is 0.120 e.